The van der Waals surface area contributed by atoms with Gasteiger partial charge in [0.05, 0.1) is 15.5 Å². The lowest BCUT2D eigenvalue weighted by atomic mass is 10.1. The van der Waals surface area contributed by atoms with E-state index in [0.29, 0.717) is 5.02 Å². The van der Waals surface area contributed by atoms with Crippen molar-refractivity contribution < 1.29 is 14.5 Å². The first-order valence-corrected chi connectivity index (χ1v) is 7.69. The summed E-state index contributed by atoms with van der Waals surface area (Å²) in [5.74, 6) is -0.455. The normalized spacial score (nSPS) is 11.8. The van der Waals surface area contributed by atoms with E-state index in [1.54, 1.807) is 12.1 Å². The van der Waals surface area contributed by atoms with E-state index in [1.807, 2.05) is 12.1 Å². The fraction of sp³-hybridized carbons (Fsp3) is 0.188. The van der Waals surface area contributed by atoms with Crippen LogP contribution in [-0.2, 0) is 4.74 Å². The van der Waals surface area contributed by atoms with Crippen molar-refractivity contribution in [3.8, 4) is 0 Å². The Bertz CT molecular complexity index is 767. The molecule has 0 spiro atoms. The zero-order chi connectivity index (χ0) is 17.7. The molecule has 2 rings (SSSR count). The Morgan fingerprint density at radius 2 is 1.96 bits per heavy atom. The second kappa shape index (κ2) is 8.10. The fourth-order valence-corrected chi connectivity index (χ4v) is 2.66. The number of amides is 1. The number of nitrogens with zero attached hydrogens (tertiary/aromatic N) is 1. The third-order valence-electron chi connectivity index (χ3n) is 3.39. The number of ether oxygens (including phenoxy) is 1. The van der Waals surface area contributed by atoms with Crippen molar-refractivity contribution in [2.24, 2.45) is 0 Å². The summed E-state index contributed by atoms with van der Waals surface area (Å²) in [6.07, 6.45) is -0.431. The Morgan fingerprint density at radius 3 is 2.54 bits per heavy atom. The number of carbonyl (C=O) groups excluding carboxylic acids is 1. The summed E-state index contributed by atoms with van der Waals surface area (Å²) in [4.78, 5) is 22.3. The summed E-state index contributed by atoms with van der Waals surface area (Å²) < 4.78 is 5.36. The van der Waals surface area contributed by atoms with Gasteiger partial charge >= 0.3 is 0 Å². The second-order valence-corrected chi connectivity index (χ2v) is 5.69. The van der Waals surface area contributed by atoms with E-state index in [9.17, 15) is 14.9 Å². The van der Waals surface area contributed by atoms with E-state index < -0.39 is 16.9 Å². The third-order valence-corrected chi connectivity index (χ3v) is 4.05. The van der Waals surface area contributed by atoms with Gasteiger partial charge in [-0.15, -0.1) is 0 Å². The molecule has 126 valence electrons. The van der Waals surface area contributed by atoms with Crippen LogP contribution in [0.2, 0.25) is 10.0 Å². The number of methoxy groups -OCH3 is 1. The van der Waals surface area contributed by atoms with Crippen molar-refractivity contribution in [2.45, 2.75) is 6.10 Å². The molecule has 0 fully saturated rings. The molecular weight excluding hydrogens is 355 g/mol. The van der Waals surface area contributed by atoms with E-state index >= 15 is 0 Å². The van der Waals surface area contributed by atoms with Gasteiger partial charge in [-0.3, -0.25) is 14.9 Å². The maximum Gasteiger partial charge on any atom is 0.270 e. The standard InChI is InChI=1S/C16H14Cl2N2O4/c1-24-15(11-4-2-3-5-13(11)17)9-19-16(21)12-7-6-10(20(22)23)8-14(12)18/h2-8,15H,9H2,1H3,(H,19,21). The van der Waals surface area contributed by atoms with Crippen LogP contribution in [0.5, 0.6) is 0 Å². The molecule has 0 radical (unpaired) electrons. The minimum atomic E-state index is -0.577. The number of nitro benzene ring substituents is 1. The highest BCUT2D eigenvalue weighted by molar-refractivity contribution is 6.34. The summed E-state index contributed by atoms with van der Waals surface area (Å²) in [5, 5.41) is 13.9. The third kappa shape index (κ3) is 4.23. The number of carbonyl (C=O) groups is 1. The topological polar surface area (TPSA) is 81.5 Å². The molecular formula is C16H14Cl2N2O4. The maximum atomic E-state index is 12.2. The van der Waals surface area contributed by atoms with Crippen LogP contribution in [0.3, 0.4) is 0 Å². The Morgan fingerprint density at radius 1 is 1.25 bits per heavy atom. The van der Waals surface area contributed by atoms with Crippen LogP contribution < -0.4 is 5.32 Å². The zero-order valence-electron chi connectivity index (χ0n) is 12.7. The second-order valence-electron chi connectivity index (χ2n) is 4.88. The largest absolute Gasteiger partial charge is 0.375 e. The van der Waals surface area contributed by atoms with Gasteiger partial charge in [0.1, 0.15) is 6.10 Å². The molecule has 2 aromatic rings. The van der Waals surface area contributed by atoms with Crippen molar-refractivity contribution in [3.63, 3.8) is 0 Å². The first-order chi connectivity index (χ1) is 11.4. The van der Waals surface area contributed by atoms with Gasteiger partial charge in [-0.2, -0.15) is 0 Å². The minimum absolute atomic E-state index is 0.00779. The number of rotatable bonds is 6. The Hall–Kier alpha value is -2.15. The van der Waals surface area contributed by atoms with Crippen LogP contribution in [0.25, 0.3) is 0 Å². The van der Waals surface area contributed by atoms with E-state index in [2.05, 4.69) is 5.32 Å². The summed E-state index contributed by atoms with van der Waals surface area (Å²) >= 11 is 12.1. The first-order valence-electron chi connectivity index (χ1n) is 6.93. The van der Waals surface area contributed by atoms with Gasteiger partial charge < -0.3 is 10.1 Å². The maximum absolute atomic E-state index is 12.2. The average Bonchev–Trinajstić information content (AvgIpc) is 2.56. The molecule has 0 saturated heterocycles. The summed E-state index contributed by atoms with van der Waals surface area (Å²) in [6, 6.07) is 10.8. The minimum Gasteiger partial charge on any atom is -0.375 e. The lowest BCUT2D eigenvalue weighted by Gasteiger charge is -2.18. The smallest absolute Gasteiger partial charge is 0.270 e. The molecule has 1 atom stereocenters. The molecule has 6 nitrogen and oxygen atoms in total. The van der Waals surface area contributed by atoms with E-state index in [0.717, 1.165) is 11.6 Å². The van der Waals surface area contributed by atoms with Crippen LogP contribution in [-0.4, -0.2) is 24.5 Å². The van der Waals surface area contributed by atoms with E-state index in [1.165, 1.54) is 19.2 Å². The predicted molar refractivity (Wildman–Crippen MR) is 91.6 cm³/mol. The molecule has 8 heteroatoms. The van der Waals surface area contributed by atoms with Crippen molar-refractivity contribution in [1.29, 1.82) is 0 Å². The number of nitro groups is 1. The monoisotopic (exact) mass is 368 g/mol. The molecule has 1 amide bonds. The van der Waals surface area contributed by atoms with Crippen molar-refractivity contribution in [1.82, 2.24) is 5.32 Å². The van der Waals surface area contributed by atoms with Crippen LogP contribution in [0.15, 0.2) is 42.5 Å². The zero-order valence-corrected chi connectivity index (χ0v) is 14.2. The number of nitrogens with one attached hydrogen (secondary N) is 1. The lowest BCUT2D eigenvalue weighted by molar-refractivity contribution is -0.384. The fourth-order valence-electron chi connectivity index (χ4n) is 2.14. The Kier molecular flexibility index (Phi) is 6.14. The number of halogens is 2. The van der Waals surface area contributed by atoms with Gasteiger partial charge in [0.25, 0.3) is 11.6 Å². The number of non-ortho nitro benzene ring substituents is 1. The SMILES string of the molecule is COC(CNC(=O)c1ccc([N+](=O)[O-])cc1Cl)c1ccccc1Cl. The summed E-state index contributed by atoms with van der Waals surface area (Å²) in [5.41, 5.74) is 0.718. The number of benzene rings is 2. The van der Waals surface area contributed by atoms with Crippen LogP contribution >= 0.6 is 23.2 Å². The molecule has 0 aliphatic carbocycles. The van der Waals surface area contributed by atoms with Crippen molar-refractivity contribution in [2.75, 3.05) is 13.7 Å². The van der Waals surface area contributed by atoms with Crippen LogP contribution in [0.4, 0.5) is 5.69 Å². The molecule has 0 saturated carbocycles. The highest BCUT2D eigenvalue weighted by atomic mass is 35.5. The molecule has 1 N–H and O–H groups in total. The average molecular weight is 369 g/mol. The summed E-state index contributed by atoms with van der Waals surface area (Å²) in [7, 11) is 1.51. The lowest BCUT2D eigenvalue weighted by Crippen LogP contribution is -2.29. The van der Waals surface area contributed by atoms with Gasteiger partial charge in [-0.1, -0.05) is 41.4 Å². The molecule has 0 heterocycles. The number of hydrogen-bond donors (Lipinski definition) is 1. The van der Waals surface area contributed by atoms with Gasteiger partial charge in [-0.05, 0) is 12.1 Å². The molecule has 2 aromatic carbocycles. The van der Waals surface area contributed by atoms with Crippen molar-refractivity contribution in [3.05, 3.63) is 73.8 Å². The molecule has 0 aromatic heterocycles. The van der Waals surface area contributed by atoms with Gasteiger partial charge in [0.15, 0.2) is 0 Å². The van der Waals surface area contributed by atoms with Gasteiger partial charge in [-0.25, -0.2) is 0 Å². The predicted octanol–water partition coefficient (Wildman–Crippen LogP) is 4.02. The van der Waals surface area contributed by atoms with E-state index in [4.69, 9.17) is 27.9 Å². The molecule has 0 bridgehead atoms. The first kappa shape index (κ1) is 18.2. The van der Waals surface area contributed by atoms with Crippen LogP contribution in [0.1, 0.15) is 22.0 Å². The molecule has 24 heavy (non-hydrogen) atoms. The highest BCUT2D eigenvalue weighted by Crippen LogP contribution is 2.25. The van der Waals surface area contributed by atoms with Gasteiger partial charge in [0.2, 0.25) is 0 Å². The highest BCUT2D eigenvalue weighted by Gasteiger charge is 2.18. The Labute approximate surface area is 148 Å². The van der Waals surface area contributed by atoms with Crippen molar-refractivity contribution >= 4 is 34.8 Å². The number of hydrogen-bond acceptors (Lipinski definition) is 4. The molecule has 0 aliphatic rings. The molecule has 1 unspecified atom stereocenters. The van der Waals surface area contributed by atoms with Crippen LogP contribution in [0, 0.1) is 10.1 Å². The Balaban J connectivity index is 2.09. The van der Waals surface area contributed by atoms with E-state index in [-0.39, 0.29) is 22.8 Å². The summed E-state index contributed by atoms with van der Waals surface area (Å²) in [6.45, 7) is 0.173. The molecule has 0 aliphatic heterocycles. The van der Waals surface area contributed by atoms with Gasteiger partial charge in [0, 0.05) is 36.4 Å². The quantitative estimate of drug-likeness (QED) is 0.616.